The van der Waals surface area contributed by atoms with Gasteiger partial charge in [-0.05, 0) is 81.2 Å². The van der Waals surface area contributed by atoms with Gasteiger partial charge in [-0.15, -0.1) is 0 Å². The minimum atomic E-state index is 0.646. The van der Waals surface area contributed by atoms with Crippen molar-refractivity contribution in [2.45, 2.75) is 0 Å². The Balaban J connectivity index is 1.19. The molecule has 0 saturated heterocycles. The fourth-order valence-electron chi connectivity index (χ4n) is 8.42. The van der Waals surface area contributed by atoms with Crippen molar-refractivity contribution >= 4 is 75.9 Å². The Labute approximate surface area is 304 Å². The van der Waals surface area contributed by atoms with E-state index in [0.29, 0.717) is 5.56 Å². The van der Waals surface area contributed by atoms with E-state index in [-0.39, 0.29) is 0 Å². The third-order valence-electron chi connectivity index (χ3n) is 10.8. The minimum Gasteiger partial charge on any atom is -0.309 e. The molecule has 0 N–H and O–H groups in total. The maximum atomic E-state index is 9.82. The molecule has 0 spiro atoms. The number of hydrogen-bond donors (Lipinski definition) is 0. The van der Waals surface area contributed by atoms with Crippen LogP contribution in [-0.4, -0.2) is 14.5 Å². The topological polar surface area (TPSA) is 54.5 Å². The van der Waals surface area contributed by atoms with E-state index in [1.54, 1.807) is 0 Å². The first-order chi connectivity index (χ1) is 26.2. The molecule has 0 atom stereocenters. The van der Waals surface area contributed by atoms with Crippen molar-refractivity contribution < 1.29 is 0 Å². The minimum absolute atomic E-state index is 0.646. The van der Waals surface area contributed by atoms with Gasteiger partial charge < -0.3 is 4.57 Å². The number of nitriles is 1. The maximum Gasteiger partial charge on any atom is 0.0991 e. The normalized spacial score (nSPS) is 11.8. The lowest BCUT2D eigenvalue weighted by Gasteiger charge is -2.16. The van der Waals surface area contributed by atoms with Crippen LogP contribution in [0.1, 0.15) is 5.56 Å². The van der Waals surface area contributed by atoms with Gasteiger partial charge in [0.05, 0.1) is 39.4 Å². The van der Waals surface area contributed by atoms with E-state index in [1.165, 1.54) is 10.8 Å². The monoisotopic (exact) mass is 672 g/mol. The van der Waals surface area contributed by atoms with E-state index in [2.05, 4.69) is 156 Å². The van der Waals surface area contributed by atoms with Crippen LogP contribution in [0.4, 0.5) is 0 Å². The molecule has 0 unspecified atom stereocenters. The number of pyridine rings is 2. The summed E-state index contributed by atoms with van der Waals surface area (Å²) in [5.41, 5.74) is 9.95. The van der Waals surface area contributed by atoms with Crippen molar-refractivity contribution in [2.24, 2.45) is 0 Å². The molecule has 3 aromatic heterocycles. The first-order valence-corrected chi connectivity index (χ1v) is 17.8. The molecule has 0 saturated carbocycles. The van der Waals surface area contributed by atoms with Crippen LogP contribution in [0.25, 0.3) is 104 Å². The summed E-state index contributed by atoms with van der Waals surface area (Å²) in [7, 11) is 0. The Hall–Kier alpha value is -7.35. The standard InChI is InChI=1S/C49H28N4/c50-28-30-21-23-43-41(25-30)42-27-32(22-24-44(42)53(43)35-14-2-1-3-15-35)31-12-10-13-33(26-31)47-45-36-16-5-4-11-34(36)29-51-49(45)46-39-19-8-6-17-37(39)38-18-7-9-20-40(38)48(46)52-47/h1-27,29H. The van der Waals surface area contributed by atoms with Crippen molar-refractivity contribution in [3.8, 4) is 34.1 Å². The van der Waals surface area contributed by atoms with Crippen LogP contribution in [0.3, 0.4) is 0 Å². The predicted molar refractivity (Wildman–Crippen MR) is 219 cm³/mol. The van der Waals surface area contributed by atoms with Crippen LogP contribution in [0.5, 0.6) is 0 Å². The van der Waals surface area contributed by atoms with Crippen LogP contribution in [0, 0.1) is 11.3 Å². The molecule has 11 rings (SSSR count). The average Bonchev–Trinajstić information content (AvgIpc) is 3.56. The molecule has 0 aliphatic heterocycles. The number of para-hydroxylation sites is 1. The number of aromatic nitrogens is 3. The summed E-state index contributed by atoms with van der Waals surface area (Å²) in [6.45, 7) is 0. The lowest BCUT2D eigenvalue weighted by molar-refractivity contribution is 1.18. The quantitative estimate of drug-likeness (QED) is 0.176. The summed E-state index contributed by atoms with van der Waals surface area (Å²) in [4.78, 5) is 10.8. The van der Waals surface area contributed by atoms with Crippen LogP contribution >= 0.6 is 0 Å². The number of rotatable bonds is 3. The van der Waals surface area contributed by atoms with Gasteiger partial charge in [-0.3, -0.25) is 4.98 Å². The van der Waals surface area contributed by atoms with Gasteiger partial charge in [0.15, 0.2) is 0 Å². The summed E-state index contributed by atoms with van der Waals surface area (Å²) >= 11 is 0. The third kappa shape index (κ3) is 4.35. The SMILES string of the molecule is N#Cc1ccc2c(c1)c1cc(-c3cccc(-c4nc5c6ccccc6c6ccccc6c5c5ncc6ccccc6c45)c3)ccc1n2-c1ccccc1. The van der Waals surface area contributed by atoms with E-state index in [0.717, 1.165) is 93.2 Å². The predicted octanol–water partition coefficient (Wildman–Crippen LogP) is 12.5. The summed E-state index contributed by atoms with van der Waals surface area (Å²) in [5, 5.41) is 21.0. The molecule has 0 amide bonds. The van der Waals surface area contributed by atoms with Crippen LogP contribution in [0.15, 0.2) is 170 Å². The Morgan fingerprint density at radius 1 is 0.453 bits per heavy atom. The lowest BCUT2D eigenvalue weighted by atomic mass is 9.92. The highest BCUT2D eigenvalue weighted by Crippen LogP contribution is 2.43. The molecular weight excluding hydrogens is 645 g/mol. The molecule has 53 heavy (non-hydrogen) atoms. The molecule has 8 aromatic carbocycles. The van der Waals surface area contributed by atoms with Gasteiger partial charge in [0.25, 0.3) is 0 Å². The fourth-order valence-corrected chi connectivity index (χ4v) is 8.42. The van der Waals surface area contributed by atoms with Gasteiger partial charge in [0.1, 0.15) is 0 Å². The number of benzene rings is 8. The molecule has 244 valence electrons. The fraction of sp³-hybridized carbons (Fsp3) is 0. The molecular formula is C49H28N4. The maximum absolute atomic E-state index is 9.82. The van der Waals surface area contributed by atoms with Crippen molar-refractivity contribution in [1.29, 1.82) is 5.26 Å². The van der Waals surface area contributed by atoms with Gasteiger partial charge in [0, 0.05) is 49.8 Å². The molecule has 0 aliphatic carbocycles. The first kappa shape index (κ1) is 29.4. The van der Waals surface area contributed by atoms with Crippen molar-refractivity contribution in [3.05, 3.63) is 176 Å². The highest BCUT2D eigenvalue weighted by Gasteiger charge is 2.20. The van der Waals surface area contributed by atoms with Crippen molar-refractivity contribution in [1.82, 2.24) is 14.5 Å². The number of nitrogens with zero attached hydrogens (tertiary/aromatic N) is 4. The zero-order valence-corrected chi connectivity index (χ0v) is 28.5. The van der Waals surface area contributed by atoms with Gasteiger partial charge in [0.2, 0.25) is 0 Å². The third-order valence-corrected chi connectivity index (χ3v) is 10.8. The zero-order valence-electron chi connectivity index (χ0n) is 28.5. The smallest absolute Gasteiger partial charge is 0.0991 e. The molecule has 0 fully saturated rings. The van der Waals surface area contributed by atoms with Crippen molar-refractivity contribution in [2.75, 3.05) is 0 Å². The average molecular weight is 673 g/mol. The van der Waals surface area contributed by atoms with Crippen molar-refractivity contribution in [3.63, 3.8) is 0 Å². The Kier molecular flexibility index (Phi) is 6.28. The Morgan fingerprint density at radius 3 is 1.91 bits per heavy atom. The van der Waals surface area contributed by atoms with Gasteiger partial charge in [-0.25, -0.2) is 4.98 Å². The second-order valence-corrected chi connectivity index (χ2v) is 13.7. The molecule has 4 heteroatoms. The summed E-state index contributed by atoms with van der Waals surface area (Å²) in [6.07, 6.45) is 2.00. The highest BCUT2D eigenvalue weighted by atomic mass is 15.0. The number of fused-ring (bicyclic) bond motifs is 13. The van der Waals surface area contributed by atoms with Crippen LogP contribution < -0.4 is 0 Å². The first-order valence-electron chi connectivity index (χ1n) is 17.8. The summed E-state index contributed by atoms with van der Waals surface area (Å²) < 4.78 is 2.28. The largest absolute Gasteiger partial charge is 0.309 e. The van der Waals surface area contributed by atoms with Gasteiger partial charge in [-0.1, -0.05) is 115 Å². The lowest BCUT2D eigenvalue weighted by Crippen LogP contribution is -1.95. The summed E-state index contributed by atoms with van der Waals surface area (Å²) in [5.74, 6) is 0. The second-order valence-electron chi connectivity index (χ2n) is 13.7. The van der Waals surface area contributed by atoms with E-state index >= 15 is 0 Å². The van der Waals surface area contributed by atoms with Crippen LogP contribution in [-0.2, 0) is 0 Å². The molecule has 0 bridgehead atoms. The van der Waals surface area contributed by atoms with E-state index in [4.69, 9.17) is 9.97 Å². The molecule has 0 radical (unpaired) electrons. The molecule has 4 nitrogen and oxygen atoms in total. The molecule has 3 heterocycles. The second kappa shape index (κ2) is 11.3. The van der Waals surface area contributed by atoms with Gasteiger partial charge in [-0.2, -0.15) is 5.26 Å². The van der Waals surface area contributed by atoms with Gasteiger partial charge >= 0.3 is 0 Å². The van der Waals surface area contributed by atoms with Crippen LogP contribution in [0.2, 0.25) is 0 Å². The zero-order chi connectivity index (χ0) is 35.0. The highest BCUT2D eigenvalue weighted by molar-refractivity contribution is 6.32. The van der Waals surface area contributed by atoms with E-state index in [1.807, 2.05) is 24.4 Å². The Bertz CT molecular complexity index is 3350. The number of hydrogen-bond acceptors (Lipinski definition) is 3. The van der Waals surface area contributed by atoms with E-state index in [9.17, 15) is 5.26 Å². The molecule has 0 aliphatic rings. The molecule has 11 aromatic rings. The summed E-state index contributed by atoms with van der Waals surface area (Å²) in [6, 6.07) is 59.8. The van der Waals surface area contributed by atoms with E-state index < -0.39 is 0 Å². The Morgan fingerprint density at radius 2 is 1.09 bits per heavy atom.